The number of rotatable bonds is 3. The van der Waals surface area contributed by atoms with Crippen LogP contribution in [0.1, 0.15) is 12.5 Å². The number of aromatic nitrogens is 2. The van der Waals surface area contributed by atoms with Crippen LogP contribution in [0, 0.1) is 0 Å². The minimum absolute atomic E-state index is 0.326. The molecule has 0 fully saturated rings. The average Bonchev–Trinajstić information content (AvgIpc) is 2.65. The van der Waals surface area contributed by atoms with Crippen LogP contribution in [0.3, 0.4) is 0 Å². The number of carbonyl (C=O) groups excluding carboxylic acids is 1. The number of hydrogen-bond acceptors (Lipinski definition) is 3. The molecule has 4 nitrogen and oxygen atoms in total. The van der Waals surface area contributed by atoms with E-state index in [9.17, 15) is 4.79 Å². The van der Waals surface area contributed by atoms with Gasteiger partial charge in [-0.15, -0.1) is 0 Å². The molecule has 0 bridgehead atoms. The Labute approximate surface area is 99.5 Å². The molecule has 0 unspecified atom stereocenters. The van der Waals surface area contributed by atoms with Crippen LogP contribution < -0.4 is 0 Å². The molecule has 0 aliphatic rings. The van der Waals surface area contributed by atoms with Crippen molar-refractivity contribution in [2.45, 2.75) is 6.92 Å². The molecule has 0 saturated carbocycles. The van der Waals surface area contributed by atoms with E-state index in [0.717, 1.165) is 16.6 Å². The molecule has 0 aromatic carbocycles. The van der Waals surface area contributed by atoms with Gasteiger partial charge in [-0.25, -0.2) is 9.78 Å². The molecule has 0 saturated heterocycles. The monoisotopic (exact) mass is 230 g/mol. The van der Waals surface area contributed by atoms with Gasteiger partial charge in [0, 0.05) is 36.5 Å². The minimum Gasteiger partial charge on any atom is -0.463 e. The Hall–Kier alpha value is -2.10. The quantitative estimate of drug-likeness (QED) is 0.599. The van der Waals surface area contributed by atoms with Gasteiger partial charge in [-0.1, -0.05) is 0 Å². The molecule has 0 aliphatic heterocycles. The summed E-state index contributed by atoms with van der Waals surface area (Å²) in [5.74, 6) is -0.326. The standard InChI is InChI=1S/C13H14N2O2/c1-3-17-12(16)7-6-10-9-15(2)13-11(10)5-4-8-14-13/h4-9H,3H2,1-2H3/b7-6+. The minimum atomic E-state index is -0.326. The van der Waals surface area contributed by atoms with Gasteiger partial charge in [0.2, 0.25) is 0 Å². The number of ether oxygens (including phenoxy) is 1. The second-order valence-corrected chi connectivity index (χ2v) is 3.66. The lowest BCUT2D eigenvalue weighted by Gasteiger charge is -1.94. The predicted octanol–water partition coefficient (Wildman–Crippen LogP) is 2.15. The van der Waals surface area contributed by atoms with E-state index in [2.05, 4.69) is 4.98 Å². The van der Waals surface area contributed by atoms with Gasteiger partial charge in [0.05, 0.1) is 6.61 Å². The van der Waals surface area contributed by atoms with Gasteiger partial charge in [-0.05, 0) is 25.1 Å². The van der Waals surface area contributed by atoms with Crippen LogP contribution in [0.4, 0.5) is 0 Å². The van der Waals surface area contributed by atoms with E-state index in [4.69, 9.17) is 4.74 Å². The summed E-state index contributed by atoms with van der Waals surface area (Å²) in [7, 11) is 1.93. The van der Waals surface area contributed by atoms with Crippen LogP contribution in [0.2, 0.25) is 0 Å². The number of carbonyl (C=O) groups is 1. The first kappa shape index (κ1) is 11.4. The Morgan fingerprint density at radius 3 is 3.18 bits per heavy atom. The zero-order valence-corrected chi connectivity index (χ0v) is 9.88. The SMILES string of the molecule is CCOC(=O)/C=C/c1cn(C)c2ncccc12. The van der Waals surface area contributed by atoms with E-state index in [-0.39, 0.29) is 5.97 Å². The normalized spacial score (nSPS) is 11.2. The van der Waals surface area contributed by atoms with Crippen molar-refractivity contribution in [3.05, 3.63) is 36.2 Å². The van der Waals surface area contributed by atoms with E-state index in [1.54, 1.807) is 19.2 Å². The Balaban J connectivity index is 2.33. The molecule has 0 N–H and O–H groups in total. The number of pyridine rings is 1. The molecule has 2 rings (SSSR count). The molecule has 88 valence electrons. The molecule has 4 heteroatoms. The average molecular weight is 230 g/mol. The lowest BCUT2D eigenvalue weighted by molar-refractivity contribution is -0.137. The first-order valence-electron chi connectivity index (χ1n) is 5.47. The molecule has 2 heterocycles. The van der Waals surface area contributed by atoms with Crippen LogP contribution >= 0.6 is 0 Å². The van der Waals surface area contributed by atoms with Crippen LogP contribution in [0.25, 0.3) is 17.1 Å². The first-order chi connectivity index (χ1) is 8.22. The van der Waals surface area contributed by atoms with Gasteiger partial charge < -0.3 is 9.30 Å². The van der Waals surface area contributed by atoms with Gasteiger partial charge >= 0.3 is 5.97 Å². The number of nitrogens with zero attached hydrogens (tertiary/aromatic N) is 2. The molecular formula is C13H14N2O2. The van der Waals surface area contributed by atoms with Crippen molar-refractivity contribution in [2.75, 3.05) is 6.61 Å². The molecule has 17 heavy (non-hydrogen) atoms. The van der Waals surface area contributed by atoms with E-state index in [1.807, 2.05) is 29.9 Å². The van der Waals surface area contributed by atoms with E-state index in [0.29, 0.717) is 6.61 Å². The third-order valence-corrected chi connectivity index (χ3v) is 2.45. The van der Waals surface area contributed by atoms with Gasteiger partial charge in [-0.3, -0.25) is 0 Å². The lowest BCUT2D eigenvalue weighted by Crippen LogP contribution is -1.98. The van der Waals surface area contributed by atoms with Crippen molar-refractivity contribution in [1.82, 2.24) is 9.55 Å². The molecule has 0 atom stereocenters. The van der Waals surface area contributed by atoms with Crippen molar-refractivity contribution < 1.29 is 9.53 Å². The predicted molar refractivity (Wildman–Crippen MR) is 66.4 cm³/mol. The fraction of sp³-hybridized carbons (Fsp3) is 0.231. The summed E-state index contributed by atoms with van der Waals surface area (Å²) in [5, 5.41) is 1.02. The highest BCUT2D eigenvalue weighted by atomic mass is 16.5. The van der Waals surface area contributed by atoms with Crippen molar-refractivity contribution in [2.24, 2.45) is 7.05 Å². The highest BCUT2D eigenvalue weighted by Gasteiger charge is 2.04. The van der Waals surface area contributed by atoms with Crippen molar-refractivity contribution in [1.29, 1.82) is 0 Å². The zero-order valence-electron chi connectivity index (χ0n) is 9.88. The van der Waals surface area contributed by atoms with Crippen molar-refractivity contribution in [3.8, 4) is 0 Å². The Morgan fingerprint density at radius 1 is 1.59 bits per heavy atom. The molecule has 0 aliphatic carbocycles. The van der Waals surface area contributed by atoms with Crippen molar-refractivity contribution >= 4 is 23.1 Å². The summed E-state index contributed by atoms with van der Waals surface area (Å²) in [6.45, 7) is 2.17. The largest absolute Gasteiger partial charge is 0.463 e. The molecule has 0 amide bonds. The topological polar surface area (TPSA) is 44.1 Å². The zero-order chi connectivity index (χ0) is 12.3. The van der Waals surface area contributed by atoms with Crippen molar-refractivity contribution in [3.63, 3.8) is 0 Å². The second kappa shape index (κ2) is 4.82. The lowest BCUT2D eigenvalue weighted by atomic mass is 10.2. The summed E-state index contributed by atoms with van der Waals surface area (Å²) < 4.78 is 6.77. The van der Waals surface area contributed by atoms with E-state index < -0.39 is 0 Å². The summed E-state index contributed by atoms with van der Waals surface area (Å²) in [5.41, 5.74) is 1.86. The van der Waals surface area contributed by atoms with E-state index >= 15 is 0 Å². The van der Waals surface area contributed by atoms with Gasteiger partial charge in [0.15, 0.2) is 0 Å². The maximum absolute atomic E-state index is 11.2. The highest BCUT2D eigenvalue weighted by Crippen LogP contribution is 2.19. The summed E-state index contributed by atoms with van der Waals surface area (Å²) in [4.78, 5) is 15.5. The summed E-state index contributed by atoms with van der Waals surface area (Å²) in [6.07, 6.45) is 6.88. The molecule has 0 radical (unpaired) electrons. The van der Waals surface area contributed by atoms with Crippen LogP contribution in [-0.2, 0) is 16.6 Å². The molecule has 2 aromatic heterocycles. The first-order valence-corrected chi connectivity index (χ1v) is 5.47. The van der Waals surface area contributed by atoms with Crippen LogP contribution in [0.5, 0.6) is 0 Å². The summed E-state index contributed by atoms with van der Waals surface area (Å²) >= 11 is 0. The maximum Gasteiger partial charge on any atom is 0.330 e. The van der Waals surface area contributed by atoms with E-state index in [1.165, 1.54) is 6.08 Å². The Morgan fingerprint density at radius 2 is 2.41 bits per heavy atom. The summed E-state index contributed by atoms with van der Waals surface area (Å²) in [6, 6.07) is 3.86. The molecule has 0 spiro atoms. The number of aryl methyl sites for hydroxylation is 1. The number of hydrogen-bond donors (Lipinski definition) is 0. The second-order valence-electron chi connectivity index (χ2n) is 3.66. The van der Waals surface area contributed by atoms with Gasteiger partial charge in [0.1, 0.15) is 5.65 Å². The van der Waals surface area contributed by atoms with Gasteiger partial charge in [-0.2, -0.15) is 0 Å². The highest BCUT2D eigenvalue weighted by molar-refractivity contribution is 5.93. The fourth-order valence-electron chi connectivity index (χ4n) is 1.72. The molecular weight excluding hydrogens is 216 g/mol. The van der Waals surface area contributed by atoms with Crippen LogP contribution in [0.15, 0.2) is 30.6 Å². The molecule has 2 aromatic rings. The number of fused-ring (bicyclic) bond motifs is 1. The number of esters is 1. The van der Waals surface area contributed by atoms with Crippen LogP contribution in [-0.4, -0.2) is 22.1 Å². The Kier molecular flexibility index (Phi) is 3.23. The third kappa shape index (κ3) is 2.36. The fourth-order valence-corrected chi connectivity index (χ4v) is 1.72. The Bertz CT molecular complexity index is 570. The smallest absolute Gasteiger partial charge is 0.330 e. The third-order valence-electron chi connectivity index (χ3n) is 2.45. The maximum atomic E-state index is 11.2. The van der Waals surface area contributed by atoms with Gasteiger partial charge in [0.25, 0.3) is 0 Å².